The van der Waals surface area contributed by atoms with Crippen LogP contribution in [0.15, 0.2) is 65.7 Å². The molecule has 0 amide bonds. The van der Waals surface area contributed by atoms with Crippen LogP contribution in [0.4, 0.5) is 0 Å². The first kappa shape index (κ1) is 15.4. The van der Waals surface area contributed by atoms with Gasteiger partial charge in [0.2, 0.25) is 0 Å². The molecule has 0 saturated heterocycles. The van der Waals surface area contributed by atoms with Crippen LogP contribution in [0, 0.1) is 0 Å². The Balaban J connectivity index is 2.18. The van der Waals surface area contributed by atoms with Crippen LogP contribution in [0.3, 0.4) is 0 Å². The van der Waals surface area contributed by atoms with Crippen molar-refractivity contribution in [3.63, 3.8) is 0 Å². The molecule has 0 aromatic heterocycles. The molecule has 0 saturated carbocycles. The third-order valence-corrected chi connectivity index (χ3v) is 3.39. The highest BCUT2D eigenvalue weighted by Crippen LogP contribution is 2.18. The van der Waals surface area contributed by atoms with Gasteiger partial charge >= 0.3 is 0 Å². The van der Waals surface area contributed by atoms with E-state index in [0.717, 1.165) is 17.4 Å². The molecule has 4 nitrogen and oxygen atoms in total. The summed E-state index contributed by atoms with van der Waals surface area (Å²) in [5.74, 6) is 0. The van der Waals surface area contributed by atoms with Crippen LogP contribution in [0.1, 0.15) is 17.2 Å². The Morgan fingerprint density at radius 1 is 1.05 bits per heavy atom. The van der Waals surface area contributed by atoms with Crippen LogP contribution in [-0.2, 0) is 14.3 Å². The van der Waals surface area contributed by atoms with Crippen molar-refractivity contribution in [2.75, 3.05) is 12.9 Å². The SMILES string of the molecule is CS(=O)(=O)OC[C@H](N=Cc1ccccc1)c1ccccc1. The molecular formula is C16H17NO3S. The summed E-state index contributed by atoms with van der Waals surface area (Å²) in [6.07, 6.45) is 2.76. The Morgan fingerprint density at radius 3 is 2.19 bits per heavy atom. The standard InChI is InChI=1S/C16H17NO3S/c1-21(18,19)20-13-16(15-10-6-3-7-11-15)17-12-14-8-4-2-5-9-14/h2-12,16H,13H2,1H3/t16-/m0/s1. The fourth-order valence-corrected chi connectivity index (χ4v) is 2.18. The summed E-state index contributed by atoms with van der Waals surface area (Å²) in [5, 5.41) is 0. The summed E-state index contributed by atoms with van der Waals surface area (Å²) in [6.45, 7) is -0.00776. The summed E-state index contributed by atoms with van der Waals surface area (Å²) >= 11 is 0. The molecule has 0 heterocycles. The largest absolute Gasteiger partial charge is 0.282 e. The lowest BCUT2D eigenvalue weighted by atomic mass is 10.1. The molecule has 2 aromatic carbocycles. The van der Waals surface area contributed by atoms with Crippen LogP contribution in [0.25, 0.3) is 0 Å². The van der Waals surface area contributed by atoms with Crippen molar-refractivity contribution in [2.45, 2.75) is 6.04 Å². The highest BCUT2D eigenvalue weighted by atomic mass is 32.2. The lowest BCUT2D eigenvalue weighted by Gasteiger charge is -2.12. The van der Waals surface area contributed by atoms with E-state index in [1.54, 1.807) is 6.21 Å². The highest BCUT2D eigenvalue weighted by molar-refractivity contribution is 7.85. The number of benzene rings is 2. The summed E-state index contributed by atoms with van der Waals surface area (Å²) in [5.41, 5.74) is 1.87. The first-order valence-corrected chi connectivity index (χ1v) is 8.34. The van der Waals surface area contributed by atoms with Crippen LogP contribution in [0.5, 0.6) is 0 Å². The van der Waals surface area contributed by atoms with Gasteiger partial charge in [0.05, 0.1) is 18.9 Å². The molecule has 0 spiro atoms. The number of rotatable bonds is 6. The molecule has 0 unspecified atom stereocenters. The van der Waals surface area contributed by atoms with Gasteiger partial charge < -0.3 is 0 Å². The molecule has 0 radical (unpaired) electrons. The molecule has 110 valence electrons. The Kier molecular flexibility index (Phi) is 5.25. The minimum absolute atomic E-state index is 0.00776. The summed E-state index contributed by atoms with van der Waals surface area (Å²) in [4.78, 5) is 4.45. The predicted octanol–water partition coefficient (Wildman–Crippen LogP) is 2.82. The minimum atomic E-state index is -3.48. The van der Waals surface area contributed by atoms with Gasteiger partial charge in [0, 0.05) is 6.21 Å². The summed E-state index contributed by atoms with van der Waals surface area (Å²) < 4.78 is 27.2. The second-order valence-electron chi connectivity index (χ2n) is 4.60. The van der Waals surface area contributed by atoms with E-state index in [4.69, 9.17) is 4.18 Å². The van der Waals surface area contributed by atoms with E-state index < -0.39 is 10.1 Å². The topological polar surface area (TPSA) is 55.7 Å². The third kappa shape index (κ3) is 5.49. The maximum atomic E-state index is 11.2. The molecule has 21 heavy (non-hydrogen) atoms. The van der Waals surface area contributed by atoms with E-state index in [0.29, 0.717) is 0 Å². The van der Waals surface area contributed by atoms with E-state index in [1.165, 1.54) is 0 Å². The first-order valence-electron chi connectivity index (χ1n) is 6.52. The molecule has 0 aliphatic heterocycles. The van der Waals surface area contributed by atoms with E-state index in [9.17, 15) is 8.42 Å². The van der Waals surface area contributed by atoms with Gasteiger partial charge in [-0.15, -0.1) is 0 Å². The molecule has 0 fully saturated rings. The number of hydrogen-bond donors (Lipinski definition) is 0. The molecular weight excluding hydrogens is 286 g/mol. The van der Waals surface area contributed by atoms with Crippen LogP contribution in [-0.4, -0.2) is 27.5 Å². The lowest BCUT2D eigenvalue weighted by molar-refractivity contribution is 0.298. The quantitative estimate of drug-likeness (QED) is 0.609. The van der Waals surface area contributed by atoms with Crippen LogP contribution in [0.2, 0.25) is 0 Å². The minimum Gasteiger partial charge on any atom is -0.282 e. The lowest BCUT2D eigenvalue weighted by Crippen LogP contribution is -2.11. The zero-order chi connectivity index (χ0) is 15.1. The van der Waals surface area contributed by atoms with Crippen molar-refractivity contribution in [2.24, 2.45) is 4.99 Å². The average molecular weight is 303 g/mol. The molecule has 2 aromatic rings. The van der Waals surface area contributed by atoms with Crippen molar-refractivity contribution in [3.05, 3.63) is 71.8 Å². The van der Waals surface area contributed by atoms with Crippen molar-refractivity contribution in [3.8, 4) is 0 Å². The zero-order valence-electron chi connectivity index (χ0n) is 11.7. The Labute approximate surface area is 125 Å². The van der Waals surface area contributed by atoms with Gasteiger partial charge in [-0.05, 0) is 11.1 Å². The van der Waals surface area contributed by atoms with Crippen molar-refractivity contribution in [1.29, 1.82) is 0 Å². The Hall–Kier alpha value is -1.98. The molecule has 0 aliphatic carbocycles. The maximum absolute atomic E-state index is 11.2. The Morgan fingerprint density at radius 2 is 1.62 bits per heavy atom. The monoisotopic (exact) mass is 303 g/mol. The van der Waals surface area contributed by atoms with Crippen molar-refractivity contribution < 1.29 is 12.6 Å². The van der Waals surface area contributed by atoms with E-state index in [1.807, 2.05) is 60.7 Å². The number of nitrogens with zero attached hydrogens (tertiary/aromatic N) is 1. The highest BCUT2D eigenvalue weighted by Gasteiger charge is 2.12. The van der Waals surface area contributed by atoms with Gasteiger partial charge in [0.1, 0.15) is 0 Å². The van der Waals surface area contributed by atoms with Gasteiger partial charge in [-0.25, -0.2) is 0 Å². The van der Waals surface area contributed by atoms with Gasteiger partial charge in [-0.3, -0.25) is 9.18 Å². The predicted molar refractivity (Wildman–Crippen MR) is 84.0 cm³/mol. The second kappa shape index (κ2) is 7.15. The number of hydrogen-bond acceptors (Lipinski definition) is 4. The van der Waals surface area contributed by atoms with Gasteiger partial charge in [-0.2, -0.15) is 8.42 Å². The van der Waals surface area contributed by atoms with Gasteiger partial charge in [0.25, 0.3) is 10.1 Å². The average Bonchev–Trinajstić information content (AvgIpc) is 2.48. The fourth-order valence-electron chi connectivity index (χ4n) is 1.80. The number of aliphatic imine (C=N–C) groups is 1. The molecule has 1 atom stereocenters. The Bertz CT molecular complexity index is 682. The second-order valence-corrected chi connectivity index (χ2v) is 6.25. The van der Waals surface area contributed by atoms with Crippen molar-refractivity contribution >= 4 is 16.3 Å². The van der Waals surface area contributed by atoms with E-state index in [-0.39, 0.29) is 12.6 Å². The molecule has 5 heteroatoms. The van der Waals surface area contributed by atoms with Crippen molar-refractivity contribution in [1.82, 2.24) is 0 Å². The van der Waals surface area contributed by atoms with Gasteiger partial charge in [0.15, 0.2) is 0 Å². The third-order valence-electron chi connectivity index (χ3n) is 2.83. The smallest absolute Gasteiger partial charge is 0.264 e. The maximum Gasteiger partial charge on any atom is 0.264 e. The van der Waals surface area contributed by atoms with Gasteiger partial charge in [-0.1, -0.05) is 60.7 Å². The summed E-state index contributed by atoms with van der Waals surface area (Å²) in [6, 6.07) is 18.8. The molecule has 0 bridgehead atoms. The first-order chi connectivity index (χ1) is 10.0. The zero-order valence-corrected chi connectivity index (χ0v) is 12.5. The van der Waals surface area contributed by atoms with Crippen LogP contribution < -0.4 is 0 Å². The van der Waals surface area contributed by atoms with E-state index >= 15 is 0 Å². The fraction of sp³-hybridized carbons (Fsp3) is 0.188. The molecule has 0 N–H and O–H groups in total. The van der Waals surface area contributed by atoms with Crippen LogP contribution >= 0.6 is 0 Å². The molecule has 0 aliphatic rings. The molecule has 2 rings (SSSR count). The van der Waals surface area contributed by atoms with E-state index in [2.05, 4.69) is 4.99 Å². The summed E-state index contributed by atoms with van der Waals surface area (Å²) in [7, 11) is -3.48. The normalized spacial score (nSPS) is 13.4.